The average Bonchev–Trinajstić information content (AvgIpc) is 3.01. The summed E-state index contributed by atoms with van der Waals surface area (Å²) >= 11 is 0. The van der Waals surface area contributed by atoms with Crippen molar-refractivity contribution in [3.63, 3.8) is 0 Å². The Hall–Kier alpha value is -1.82. The molecule has 0 bridgehead atoms. The third kappa shape index (κ3) is 3.84. The first-order valence-electron chi connectivity index (χ1n) is 7.02. The molecule has 6 nitrogen and oxygen atoms in total. The Bertz CT molecular complexity index is 437. The smallest absolute Gasteiger partial charge is 0.289 e. The second kappa shape index (κ2) is 7.09. The van der Waals surface area contributed by atoms with Crippen molar-refractivity contribution in [2.24, 2.45) is 0 Å². The normalized spacial score (nSPS) is 16.1. The quantitative estimate of drug-likeness (QED) is 0.855. The average molecular weight is 279 g/mol. The van der Waals surface area contributed by atoms with Crippen molar-refractivity contribution < 1.29 is 14.0 Å². The number of nitrogens with zero attached hydrogens (tertiary/aromatic N) is 2. The summed E-state index contributed by atoms with van der Waals surface area (Å²) in [5.74, 6) is 0.430. The number of carbonyl (C=O) groups excluding carboxylic acids is 2. The molecule has 0 spiro atoms. The molecule has 110 valence electrons. The van der Waals surface area contributed by atoms with Gasteiger partial charge in [0.25, 0.3) is 5.91 Å². The lowest BCUT2D eigenvalue weighted by atomic mass is 10.3. The summed E-state index contributed by atoms with van der Waals surface area (Å²) in [6.07, 6.45) is 2.03. The highest BCUT2D eigenvalue weighted by atomic mass is 16.3. The number of nitrogens with one attached hydrogen (secondary N) is 1. The van der Waals surface area contributed by atoms with Crippen LogP contribution in [0.2, 0.25) is 0 Å². The van der Waals surface area contributed by atoms with Gasteiger partial charge in [0, 0.05) is 45.7 Å². The lowest BCUT2D eigenvalue weighted by Crippen LogP contribution is -2.50. The molecule has 1 N–H and O–H groups in total. The number of hydrogen-bond donors (Lipinski definition) is 1. The molecular formula is C14H21N3O3. The van der Waals surface area contributed by atoms with Crippen molar-refractivity contribution in [1.29, 1.82) is 0 Å². The molecule has 2 rings (SSSR count). The van der Waals surface area contributed by atoms with Gasteiger partial charge in [0.15, 0.2) is 5.76 Å². The van der Waals surface area contributed by atoms with Crippen LogP contribution in [0.4, 0.5) is 0 Å². The van der Waals surface area contributed by atoms with Gasteiger partial charge in [-0.25, -0.2) is 0 Å². The molecule has 2 amide bonds. The number of hydrogen-bond acceptors (Lipinski definition) is 4. The molecule has 1 saturated heterocycles. The van der Waals surface area contributed by atoms with Gasteiger partial charge in [-0.05, 0) is 12.1 Å². The summed E-state index contributed by atoms with van der Waals surface area (Å²) in [7, 11) is 0. The van der Waals surface area contributed by atoms with Crippen molar-refractivity contribution in [2.45, 2.75) is 13.3 Å². The van der Waals surface area contributed by atoms with E-state index in [2.05, 4.69) is 10.2 Å². The Morgan fingerprint density at radius 3 is 2.65 bits per heavy atom. The van der Waals surface area contributed by atoms with Gasteiger partial charge in [-0.1, -0.05) is 6.92 Å². The first-order valence-corrected chi connectivity index (χ1v) is 7.02. The predicted molar refractivity (Wildman–Crippen MR) is 74.4 cm³/mol. The van der Waals surface area contributed by atoms with Gasteiger partial charge in [0.1, 0.15) is 0 Å². The molecule has 1 fully saturated rings. The van der Waals surface area contributed by atoms with Crippen LogP contribution in [0.25, 0.3) is 0 Å². The number of furan rings is 1. The van der Waals surface area contributed by atoms with E-state index in [1.54, 1.807) is 17.0 Å². The summed E-state index contributed by atoms with van der Waals surface area (Å²) in [6.45, 7) is 6.38. The summed E-state index contributed by atoms with van der Waals surface area (Å²) in [4.78, 5) is 27.3. The molecule has 6 heteroatoms. The summed E-state index contributed by atoms with van der Waals surface area (Å²) < 4.78 is 5.13. The molecule has 0 aliphatic carbocycles. The zero-order valence-electron chi connectivity index (χ0n) is 11.8. The van der Waals surface area contributed by atoms with Crippen LogP contribution in [0, 0.1) is 0 Å². The lowest BCUT2D eigenvalue weighted by molar-refractivity contribution is -0.120. The Kier molecular flexibility index (Phi) is 5.17. The molecule has 0 saturated carbocycles. The van der Waals surface area contributed by atoms with Crippen LogP contribution in [0.3, 0.4) is 0 Å². The minimum Gasteiger partial charge on any atom is -0.459 e. The predicted octanol–water partition coefficient (Wildman–Crippen LogP) is 0.564. The molecule has 0 aromatic carbocycles. The Balaban J connectivity index is 1.70. The molecule has 1 aliphatic heterocycles. The number of piperazine rings is 1. The van der Waals surface area contributed by atoms with E-state index in [0.29, 0.717) is 31.8 Å². The lowest BCUT2D eigenvalue weighted by Gasteiger charge is -2.34. The van der Waals surface area contributed by atoms with Gasteiger partial charge in [0.05, 0.1) is 6.26 Å². The molecular weight excluding hydrogens is 258 g/mol. The largest absolute Gasteiger partial charge is 0.459 e. The molecule has 1 aliphatic rings. The fraction of sp³-hybridized carbons (Fsp3) is 0.571. The molecule has 0 atom stereocenters. The first-order chi connectivity index (χ1) is 9.70. The van der Waals surface area contributed by atoms with Gasteiger partial charge >= 0.3 is 0 Å². The zero-order chi connectivity index (χ0) is 14.4. The second-order valence-corrected chi connectivity index (χ2v) is 4.81. The van der Waals surface area contributed by atoms with Crippen molar-refractivity contribution >= 4 is 11.8 Å². The first kappa shape index (κ1) is 14.6. The fourth-order valence-electron chi connectivity index (χ4n) is 2.21. The van der Waals surface area contributed by atoms with Gasteiger partial charge in [0.2, 0.25) is 5.91 Å². The Labute approximate surface area is 118 Å². The van der Waals surface area contributed by atoms with E-state index in [1.807, 2.05) is 6.92 Å². The van der Waals surface area contributed by atoms with E-state index in [1.165, 1.54) is 6.26 Å². The molecule has 0 unspecified atom stereocenters. The van der Waals surface area contributed by atoms with Crippen LogP contribution in [0.1, 0.15) is 23.9 Å². The van der Waals surface area contributed by atoms with Crippen molar-refractivity contribution in [3.8, 4) is 0 Å². The topological polar surface area (TPSA) is 65.8 Å². The molecule has 2 heterocycles. The molecule has 1 aromatic rings. The van der Waals surface area contributed by atoms with Gasteiger partial charge in [-0.15, -0.1) is 0 Å². The van der Waals surface area contributed by atoms with Crippen molar-refractivity contribution in [1.82, 2.24) is 15.1 Å². The maximum absolute atomic E-state index is 12.1. The summed E-state index contributed by atoms with van der Waals surface area (Å²) in [5, 5.41) is 2.86. The van der Waals surface area contributed by atoms with E-state index < -0.39 is 0 Å². The maximum Gasteiger partial charge on any atom is 0.289 e. The minimum absolute atomic E-state index is 0.0473. The standard InChI is InChI=1S/C14H21N3O3/c1-2-13(18)15-5-6-16-7-9-17(10-8-16)14(19)12-4-3-11-20-12/h3-4,11H,2,5-10H2,1H3,(H,15,18). The van der Waals surface area contributed by atoms with Gasteiger partial charge in [-0.2, -0.15) is 0 Å². The maximum atomic E-state index is 12.1. The monoisotopic (exact) mass is 279 g/mol. The van der Waals surface area contributed by atoms with Gasteiger partial charge in [-0.3, -0.25) is 14.5 Å². The SMILES string of the molecule is CCC(=O)NCCN1CCN(C(=O)c2ccco2)CC1. The third-order valence-electron chi connectivity index (χ3n) is 3.46. The van der Waals surface area contributed by atoms with Crippen LogP contribution in [-0.4, -0.2) is 60.9 Å². The van der Waals surface area contributed by atoms with Crippen LogP contribution in [0.5, 0.6) is 0 Å². The fourth-order valence-corrected chi connectivity index (χ4v) is 2.21. The molecule has 1 aromatic heterocycles. The van der Waals surface area contributed by atoms with E-state index in [4.69, 9.17) is 4.42 Å². The zero-order valence-corrected chi connectivity index (χ0v) is 11.8. The van der Waals surface area contributed by atoms with Crippen LogP contribution in [-0.2, 0) is 4.79 Å². The summed E-state index contributed by atoms with van der Waals surface area (Å²) in [6, 6.07) is 3.41. The highest BCUT2D eigenvalue weighted by molar-refractivity contribution is 5.91. The van der Waals surface area contributed by atoms with Crippen LogP contribution < -0.4 is 5.32 Å². The summed E-state index contributed by atoms with van der Waals surface area (Å²) in [5.41, 5.74) is 0. The number of amides is 2. The second-order valence-electron chi connectivity index (χ2n) is 4.81. The van der Waals surface area contributed by atoms with Crippen molar-refractivity contribution in [2.75, 3.05) is 39.3 Å². The molecule has 0 radical (unpaired) electrons. The van der Waals surface area contributed by atoms with Crippen LogP contribution in [0.15, 0.2) is 22.8 Å². The van der Waals surface area contributed by atoms with E-state index in [9.17, 15) is 9.59 Å². The highest BCUT2D eigenvalue weighted by Gasteiger charge is 2.23. The van der Waals surface area contributed by atoms with Crippen LogP contribution >= 0.6 is 0 Å². The molecule has 20 heavy (non-hydrogen) atoms. The highest BCUT2D eigenvalue weighted by Crippen LogP contribution is 2.08. The van der Waals surface area contributed by atoms with E-state index in [-0.39, 0.29) is 11.8 Å². The Morgan fingerprint density at radius 2 is 2.05 bits per heavy atom. The Morgan fingerprint density at radius 1 is 1.30 bits per heavy atom. The van der Waals surface area contributed by atoms with E-state index in [0.717, 1.165) is 19.6 Å². The van der Waals surface area contributed by atoms with Crippen molar-refractivity contribution in [3.05, 3.63) is 24.2 Å². The van der Waals surface area contributed by atoms with E-state index >= 15 is 0 Å². The third-order valence-corrected chi connectivity index (χ3v) is 3.46. The van der Waals surface area contributed by atoms with Gasteiger partial charge < -0.3 is 14.6 Å². The number of carbonyl (C=O) groups is 2. The number of rotatable bonds is 5. The minimum atomic E-state index is -0.0473.